The molecule has 0 amide bonds. The molecule has 6 heteroatoms. The third-order valence-corrected chi connectivity index (χ3v) is 4.27. The molecule has 20 heavy (non-hydrogen) atoms. The van der Waals surface area contributed by atoms with Crippen molar-refractivity contribution in [3.05, 3.63) is 11.7 Å². The molecular weight excluding hydrogens is 258 g/mol. The van der Waals surface area contributed by atoms with Crippen molar-refractivity contribution in [1.29, 1.82) is 0 Å². The van der Waals surface area contributed by atoms with Crippen LogP contribution in [0.5, 0.6) is 0 Å². The lowest BCUT2D eigenvalue weighted by Gasteiger charge is -2.21. The number of nitrogens with zero attached hydrogens (tertiary/aromatic N) is 2. The maximum Gasteiger partial charge on any atom is 0.231 e. The smallest absolute Gasteiger partial charge is 0.231 e. The number of hydrogen-bond acceptors (Lipinski definition) is 6. The summed E-state index contributed by atoms with van der Waals surface area (Å²) in [5, 5.41) is 7.49. The van der Waals surface area contributed by atoms with Crippen molar-refractivity contribution in [2.75, 3.05) is 26.9 Å². The number of ether oxygens (including phenoxy) is 2. The normalized spacial score (nSPS) is 31.9. The van der Waals surface area contributed by atoms with Gasteiger partial charge in [-0.3, -0.25) is 0 Å². The van der Waals surface area contributed by atoms with Gasteiger partial charge in [-0.05, 0) is 19.9 Å². The number of likely N-dealkylation sites (N-methyl/N-ethyl adjacent to an activating group) is 1. The van der Waals surface area contributed by atoms with Crippen LogP contribution in [0.2, 0.25) is 0 Å². The van der Waals surface area contributed by atoms with E-state index in [0.29, 0.717) is 37.6 Å². The van der Waals surface area contributed by atoms with Crippen molar-refractivity contribution in [1.82, 2.24) is 15.5 Å². The van der Waals surface area contributed by atoms with Gasteiger partial charge in [-0.1, -0.05) is 24.4 Å². The van der Waals surface area contributed by atoms with E-state index >= 15 is 0 Å². The predicted octanol–water partition coefficient (Wildman–Crippen LogP) is 1.79. The molecule has 2 fully saturated rings. The molecule has 1 aliphatic heterocycles. The highest BCUT2D eigenvalue weighted by Crippen LogP contribution is 2.32. The molecule has 112 valence electrons. The topological polar surface area (TPSA) is 69.4 Å². The van der Waals surface area contributed by atoms with Gasteiger partial charge in [0.05, 0.1) is 25.7 Å². The fourth-order valence-corrected chi connectivity index (χ4v) is 3.11. The Balaban J connectivity index is 1.73. The molecule has 3 unspecified atom stereocenters. The second-order valence-electron chi connectivity index (χ2n) is 5.56. The zero-order valence-electron chi connectivity index (χ0n) is 12.0. The van der Waals surface area contributed by atoms with Crippen molar-refractivity contribution < 1.29 is 14.0 Å². The first-order chi connectivity index (χ1) is 9.88. The summed E-state index contributed by atoms with van der Waals surface area (Å²) in [6, 6.07) is 0.425. The van der Waals surface area contributed by atoms with Crippen molar-refractivity contribution in [3.63, 3.8) is 0 Å². The molecule has 0 bridgehead atoms. The fourth-order valence-electron chi connectivity index (χ4n) is 3.11. The Bertz CT molecular complexity index is 418. The molecule has 0 aromatic carbocycles. The van der Waals surface area contributed by atoms with Crippen LogP contribution in [0.25, 0.3) is 0 Å². The van der Waals surface area contributed by atoms with E-state index < -0.39 is 0 Å². The molecule has 1 N–H and O–H groups in total. The number of aromatic nitrogens is 2. The van der Waals surface area contributed by atoms with E-state index in [0.717, 1.165) is 12.3 Å². The standard InChI is InChI=1S/C14H23N3O3/c1-15-11-6-4-2-3-5-10(11)14-16-13(17-20-14)12-9-18-7-8-19-12/h10-12,15H,2-9H2,1H3. The van der Waals surface area contributed by atoms with Crippen LogP contribution >= 0.6 is 0 Å². The monoisotopic (exact) mass is 281 g/mol. The SMILES string of the molecule is CNC1CCCCCC1c1nc(C2COCCO2)no1. The van der Waals surface area contributed by atoms with Crippen LogP contribution in [0.3, 0.4) is 0 Å². The molecule has 3 atom stereocenters. The molecule has 1 saturated carbocycles. The Kier molecular flexibility index (Phi) is 4.65. The zero-order chi connectivity index (χ0) is 13.8. The fraction of sp³-hybridized carbons (Fsp3) is 0.857. The minimum Gasteiger partial charge on any atom is -0.376 e. The third-order valence-electron chi connectivity index (χ3n) is 4.27. The second kappa shape index (κ2) is 6.65. The Morgan fingerprint density at radius 3 is 2.85 bits per heavy atom. The molecule has 2 aliphatic rings. The van der Waals surface area contributed by atoms with E-state index in [1.54, 1.807) is 0 Å². The minimum absolute atomic E-state index is 0.180. The highest BCUT2D eigenvalue weighted by Gasteiger charge is 2.30. The summed E-state index contributed by atoms with van der Waals surface area (Å²) >= 11 is 0. The Labute approximate surface area is 119 Å². The molecule has 1 aromatic heterocycles. The van der Waals surface area contributed by atoms with Crippen LogP contribution in [0, 0.1) is 0 Å². The van der Waals surface area contributed by atoms with Crippen molar-refractivity contribution in [2.24, 2.45) is 0 Å². The first kappa shape index (κ1) is 14.0. The Morgan fingerprint density at radius 2 is 2.05 bits per heavy atom. The summed E-state index contributed by atoms with van der Waals surface area (Å²) in [5.41, 5.74) is 0. The lowest BCUT2D eigenvalue weighted by atomic mass is 9.95. The first-order valence-corrected chi connectivity index (χ1v) is 7.58. The van der Waals surface area contributed by atoms with Crippen LogP contribution in [0.4, 0.5) is 0 Å². The lowest BCUT2D eigenvalue weighted by molar-refractivity contribution is -0.0941. The molecule has 1 saturated heterocycles. The zero-order valence-corrected chi connectivity index (χ0v) is 12.0. The largest absolute Gasteiger partial charge is 0.376 e. The maximum atomic E-state index is 5.62. The summed E-state index contributed by atoms with van der Waals surface area (Å²) in [5.74, 6) is 1.68. The minimum atomic E-state index is -0.180. The summed E-state index contributed by atoms with van der Waals surface area (Å²) in [4.78, 5) is 4.57. The first-order valence-electron chi connectivity index (χ1n) is 7.58. The van der Waals surface area contributed by atoms with Gasteiger partial charge < -0.3 is 19.3 Å². The van der Waals surface area contributed by atoms with E-state index in [-0.39, 0.29) is 6.10 Å². The number of nitrogens with one attached hydrogen (secondary N) is 1. The predicted molar refractivity (Wildman–Crippen MR) is 72.5 cm³/mol. The Hall–Kier alpha value is -0.980. The van der Waals surface area contributed by atoms with Crippen LogP contribution in [-0.2, 0) is 9.47 Å². The van der Waals surface area contributed by atoms with Gasteiger partial charge in [-0.25, -0.2) is 0 Å². The van der Waals surface area contributed by atoms with Gasteiger partial charge in [-0.15, -0.1) is 0 Å². The third kappa shape index (κ3) is 3.02. The van der Waals surface area contributed by atoms with Crippen LogP contribution in [0.15, 0.2) is 4.52 Å². The summed E-state index contributed by atoms with van der Waals surface area (Å²) < 4.78 is 16.5. The van der Waals surface area contributed by atoms with E-state index in [1.807, 2.05) is 7.05 Å². The molecule has 1 aromatic rings. The Morgan fingerprint density at radius 1 is 1.15 bits per heavy atom. The summed E-state index contributed by atoms with van der Waals surface area (Å²) in [7, 11) is 2.01. The highest BCUT2D eigenvalue weighted by atomic mass is 16.6. The van der Waals surface area contributed by atoms with E-state index in [1.165, 1.54) is 25.7 Å². The highest BCUT2D eigenvalue weighted by molar-refractivity contribution is 5.02. The molecule has 6 nitrogen and oxygen atoms in total. The van der Waals surface area contributed by atoms with Crippen LogP contribution in [-0.4, -0.2) is 43.1 Å². The number of rotatable bonds is 3. The quantitative estimate of drug-likeness (QED) is 0.852. The second-order valence-corrected chi connectivity index (χ2v) is 5.56. The van der Waals surface area contributed by atoms with Gasteiger partial charge in [0.15, 0.2) is 0 Å². The average Bonchev–Trinajstić information content (AvgIpc) is 2.87. The maximum absolute atomic E-state index is 5.62. The van der Waals surface area contributed by atoms with Crippen LogP contribution < -0.4 is 5.32 Å². The molecule has 0 spiro atoms. The van der Waals surface area contributed by atoms with E-state index in [9.17, 15) is 0 Å². The van der Waals surface area contributed by atoms with Crippen molar-refractivity contribution in [2.45, 2.75) is 50.2 Å². The van der Waals surface area contributed by atoms with E-state index in [2.05, 4.69) is 15.5 Å². The molecule has 0 radical (unpaired) electrons. The van der Waals surface area contributed by atoms with Gasteiger partial charge in [0.25, 0.3) is 0 Å². The molecular formula is C14H23N3O3. The van der Waals surface area contributed by atoms with Gasteiger partial charge in [-0.2, -0.15) is 4.98 Å². The molecule has 3 rings (SSSR count). The van der Waals surface area contributed by atoms with Crippen LogP contribution in [0.1, 0.15) is 55.8 Å². The summed E-state index contributed by atoms with van der Waals surface area (Å²) in [6.45, 7) is 1.75. The van der Waals surface area contributed by atoms with Gasteiger partial charge in [0.2, 0.25) is 11.7 Å². The summed E-state index contributed by atoms with van der Waals surface area (Å²) in [6.07, 6.45) is 5.87. The molecule has 1 aliphatic carbocycles. The van der Waals surface area contributed by atoms with Crippen molar-refractivity contribution in [3.8, 4) is 0 Å². The van der Waals surface area contributed by atoms with E-state index in [4.69, 9.17) is 14.0 Å². The van der Waals surface area contributed by atoms with Gasteiger partial charge in [0.1, 0.15) is 6.10 Å². The lowest BCUT2D eigenvalue weighted by Crippen LogP contribution is -2.31. The average molecular weight is 281 g/mol. The van der Waals surface area contributed by atoms with Crippen molar-refractivity contribution >= 4 is 0 Å². The van der Waals surface area contributed by atoms with Gasteiger partial charge in [0, 0.05) is 6.04 Å². The van der Waals surface area contributed by atoms with Gasteiger partial charge >= 0.3 is 0 Å². The molecule has 2 heterocycles. The number of hydrogen-bond donors (Lipinski definition) is 1.